The summed E-state index contributed by atoms with van der Waals surface area (Å²) in [7, 11) is -2.80. The minimum Gasteiger partial charge on any atom is -0.444 e. The first-order chi connectivity index (χ1) is 14.9. The van der Waals surface area contributed by atoms with Crippen molar-refractivity contribution >= 4 is 27.7 Å². The lowest BCUT2D eigenvalue weighted by Crippen LogP contribution is -2.33. The predicted octanol–water partition coefficient (Wildman–Crippen LogP) is 4.34. The van der Waals surface area contributed by atoms with Gasteiger partial charge in [-0.25, -0.2) is 26.6 Å². The number of pyridine rings is 2. The van der Waals surface area contributed by atoms with Gasteiger partial charge in [0.2, 0.25) is 0 Å². The highest BCUT2D eigenvalue weighted by Gasteiger charge is 2.29. The first-order valence-corrected chi connectivity index (χ1v) is 11.3. The maximum atomic E-state index is 15.6. The van der Waals surface area contributed by atoms with Gasteiger partial charge in [0.25, 0.3) is 10.0 Å². The van der Waals surface area contributed by atoms with Gasteiger partial charge < -0.3 is 9.64 Å². The van der Waals surface area contributed by atoms with Crippen LogP contribution in [-0.2, 0) is 21.3 Å². The number of amides is 1. The summed E-state index contributed by atoms with van der Waals surface area (Å²) in [4.78, 5) is 21.1. The minimum atomic E-state index is -4.23. The van der Waals surface area contributed by atoms with Crippen LogP contribution in [0.5, 0.6) is 0 Å². The van der Waals surface area contributed by atoms with Gasteiger partial charge in [0, 0.05) is 43.0 Å². The van der Waals surface area contributed by atoms with Crippen LogP contribution in [-0.4, -0.2) is 46.0 Å². The standard InChI is InChI=1S/C21H22ClFN4O4S/c1-21(2,3)31-20(28)26(4)12-14-13-27(32(29,30)15-7-5-9-24-11-15)18(17(14)23)16-8-6-10-25-19(16)22/h5-11,13H,12H2,1-4H3. The number of ether oxygens (including phenoxy) is 1. The molecule has 3 heterocycles. The lowest BCUT2D eigenvalue weighted by atomic mass is 10.2. The Morgan fingerprint density at radius 1 is 1.25 bits per heavy atom. The molecule has 0 saturated heterocycles. The molecule has 8 nitrogen and oxygen atoms in total. The fourth-order valence-corrected chi connectivity index (χ4v) is 4.45. The third kappa shape index (κ3) is 4.91. The SMILES string of the molecule is CN(Cc1cn(S(=O)(=O)c2cccnc2)c(-c2cccnc2Cl)c1F)C(=O)OC(C)(C)C. The smallest absolute Gasteiger partial charge is 0.410 e. The molecule has 0 atom stereocenters. The molecule has 0 radical (unpaired) electrons. The monoisotopic (exact) mass is 480 g/mol. The third-order valence-electron chi connectivity index (χ3n) is 4.30. The van der Waals surface area contributed by atoms with Crippen LogP contribution in [0.1, 0.15) is 26.3 Å². The molecule has 1 amide bonds. The lowest BCUT2D eigenvalue weighted by Gasteiger charge is -2.24. The fraction of sp³-hybridized carbons (Fsp3) is 0.286. The van der Waals surface area contributed by atoms with Crippen molar-refractivity contribution in [1.82, 2.24) is 18.8 Å². The number of carbonyl (C=O) groups excluding carboxylic acids is 1. The van der Waals surface area contributed by atoms with Crippen molar-refractivity contribution in [3.05, 3.63) is 65.6 Å². The molecular formula is C21H22ClFN4O4S. The Balaban J connectivity index is 2.13. The molecule has 0 saturated carbocycles. The number of hydrogen-bond donors (Lipinski definition) is 0. The molecule has 0 unspecified atom stereocenters. The van der Waals surface area contributed by atoms with Crippen molar-refractivity contribution in [2.24, 2.45) is 0 Å². The molecule has 0 bridgehead atoms. The van der Waals surface area contributed by atoms with Gasteiger partial charge in [-0.05, 0) is 45.0 Å². The van der Waals surface area contributed by atoms with Crippen LogP contribution < -0.4 is 0 Å². The number of rotatable bonds is 5. The average molecular weight is 481 g/mol. The molecule has 170 valence electrons. The zero-order valence-electron chi connectivity index (χ0n) is 17.9. The van der Waals surface area contributed by atoms with E-state index in [0.717, 1.165) is 21.3 Å². The third-order valence-corrected chi connectivity index (χ3v) is 6.25. The first-order valence-electron chi connectivity index (χ1n) is 9.52. The van der Waals surface area contributed by atoms with E-state index in [9.17, 15) is 13.2 Å². The zero-order chi connectivity index (χ0) is 23.7. The molecule has 3 rings (SSSR count). The van der Waals surface area contributed by atoms with Crippen molar-refractivity contribution in [1.29, 1.82) is 0 Å². The highest BCUT2D eigenvalue weighted by Crippen LogP contribution is 2.34. The van der Waals surface area contributed by atoms with Gasteiger partial charge in [0.05, 0.1) is 6.54 Å². The molecule has 0 aliphatic heterocycles. The van der Waals surface area contributed by atoms with Gasteiger partial charge in [-0.3, -0.25) is 4.98 Å². The van der Waals surface area contributed by atoms with Crippen LogP contribution in [0.15, 0.2) is 53.9 Å². The lowest BCUT2D eigenvalue weighted by molar-refractivity contribution is 0.0284. The van der Waals surface area contributed by atoms with Crippen LogP contribution in [0.4, 0.5) is 9.18 Å². The van der Waals surface area contributed by atoms with Crippen LogP contribution in [0.3, 0.4) is 0 Å². The average Bonchev–Trinajstić information content (AvgIpc) is 3.04. The molecule has 0 fully saturated rings. The predicted molar refractivity (Wildman–Crippen MR) is 117 cm³/mol. The van der Waals surface area contributed by atoms with E-state index in [4.69, 9.17) is 16.3 Å². The molecule has 0 spiro atoms. The quantitative estimate of drug-likeness (QED) is 0.504. The van der Waals surface area contributed by atoms with E-state index in [1.165, 1.54) is 43.7 Å². The Labute approximate surface area is 190 Å². The van der Waals surface area contributed by atoms with Gasteiger partial charge in [-0.2, -0.15) is 0 Å². The summed E-state index contributed by atoms with van der Waals surface area (Å²) >= 11 is 6.15. The van der Waals surface area contributed by atoms with Crippen LogP contribution >= 0.6 is 11.6 Å². The van der Waals surface area contributed by atoms with Crippen molar-refractivity contribution in [3.63, 3.8) is 0 Å². The summed E-state index contributed by atoms with van der Waals surface area (Å²) in [5, 5.41) is -0.0702. The maximum Gasteiger partial charge on any atom is 0.410 e. The highest BCUT2D eigenvalue weighted by atomic mass is 35.5. The fourth-order valence-electron chi connectivity index (χ4n) is 2.88. The number of nitrogens with zero attached hydrogens (tertiary/aromatic N) is 4. The second-order valence-electron chi connectivity index (χ2n) is 7.98. The maximum absolute atomic E-state index is 15.6. The number of halogens is 2. The first kappa shape index (κ1) is 23.7. The summed E-state index contributed by atoms with van der Waals surface area (Å²) in [6, 6.07) is 5.79. The van der Waals surface area contributed by atoms with Crippen molar-refractivity contribution in [2.75, 3.05) is 7.05 Å². The molecule has 32 heavy (non-hydrogen) atoms. The Kier molecular flexibility index (Phi) is 6.56. The van der Waals surface area contributed by atoms with Gasteiger partial charge in [0.1, 0.15) is 21.3 Å². The number of aromatic nitrogens is 3. The van der Waals surface area contributed by atoms with Crippen molar-refractivity contribution < 1.29 is 22.3 Å². The molecule has 0 aromatic carbocycles. The Hall–Kier alpha value is -2.98. The minimum absolute atomic E-state index is 0.0410. The molecule has 0 aliphatic rings. The molecule has 11 heteroatoms. The Morgan fingerprint density at radius 2 is 1.94 bits per heavy atom. The van der Waals surface area contributed by atoms with Crippen molar-refractivity contribution in [3.8, 4) is 11.3 Å². The molecule has 3 aromatic rings. The van der Waals surface area contributed by atoms with E-state index < -0.39 is 27.5 Å². The normalized spacial score (nSPS) is 11.9. The molecule has 0 N–H and O–H groups in total. The van der Waals surface area contributed by atoms with Crippen LogP contribution in [0, 0.1) is 5.82 Å². The summed E-state index contributed by atoms with van der Waals surface area (Å²) in [5.74, 6) is -0.845. The van der Waals surface area contributed by atoms with Crippen LogP contribution in [0.2, 0.25) is 5.15 Å². The zero-order valence-corrected chi connectivity index (χ0v) is 19.5. The summed E-state index contributed by atoms with van der Waals surface area (Å²) < 4.78 is 48.3. The van der Waals surface area contributed by atoms with E-state index in [2.05, 4.69) is 9.97 Å². The second-order valence-corrected chi connectivity index (χ2v) is 10.2. The Morgan fingerprint density at radius 3 is 2.53 bits per heavy atom. The van der Waals surface area contributed by atoms with E-state index in [0.29, 0.717) is 0 Å². The molecule has 0 aliphatic carbocycles. The topological polar surface area (TPSA) is 94.4 Å². The van der Waals surface area contributed by atoms with Gasteiger partial charge >= 0.3 is 6.09 Å². The van der Waals surface area contributed by atoms with Crippen molar-refractivity contribution in [2.45, 2.75) is 37.8 Å². The van der Waals surface area contributed by atoms with Gasteiger partial charge in [-0.1, -0.05) is 11.6 Å². The molecular weight excluding hydrogens is 459 g/mol. The van der Waals surface area contributed by atoms with E-state index in [1.54, 1.807) is 20.8 Å². The van der Waals surface area contributed by atoms with Gasteiger partial charge in [0.15, 0.2) is 5.82 Å². The summed E-state index contributed by atoms with van der Waals surface area (Å²) in [6.07, 6.45) is 4.44. The summed E-state index contributed by atoms with van der Waals surface area (Å²) in [5.41, 5.74) is -0.987. The Bertz CT molecular complexity index is 1240. The molecule has 3 aromatic heterocycles. The van der Waals surface area contributed by atoms with E-state index in [1.807, 2.05) is 0 Å². The van der Waals surface area contributed by atoms with Crippen LogP contribution in [0.25, 0.3) is 11.3 Å². The van der Waals surface area contributed by atoms with Gasteiger partial charge in [-0.15, -0.1) is 0 Å². The second kappa shape index (κ2) is 8.87. The van der Waals surface area contributed by atoms with E-state index in [-0.39, 0.29) is 33.4 Å². The number of carbonyl (C=O) groups is 1. The summed E-state index contributed by atoms with van der Waals surface area (Å²) in [6.45, 7) is 4.89. The van der Waals surface area contributed by atoms with E-state index >= 15 is 4.39 Å². The largest absolute Gasteiger partial charge is 0.444 e. The highest BCUT2D eigenvalue weighted by molar-refractivity contribution is 7.90. The number of hydrogen-bond acceptors (Lipinski definition) is 6.